The normalized spacial score (nSPS) is 22.4. The molecule has 168 valence electrons. The molecule has 1 fully saturated rings. The Morgan fingerprint density at radius 3 is 2.35 bits per heavy atom. The average Bonchev–Trinajstić information content (AvgIpc) is 2.79. The van der Waals surface area contributed by atoms with E-state index < -0.39 is 0 Å². The van der Waals surface area contributed by atoms with Crippen LogP contribution in [0.5, 0.6) is 0 Å². The number of carbonyl (C=O) groups excluding carboxylic acids is 2. The van der Waals surface area contributed by atoms with Crippen molar-refractivity contribution in [2.75, 3.05) is 32.0 Å². The molecular weight excluding hydrogens is 390 g/mol. The van der Waals surface area contributed by atoms with Gasteiger partial charge in [0.1, 0.15) is 11.6 Å². The second-order valence-electron chi connectivity index (χ2n) is 9.40. The van der Waals surface area contributed by atoms with Crippen molar-refractivity contribution >= 4 is 17.6 Å². The number of fused-ring (bicyclic) bond motifs is 1. The summed E-state index contributed by atoms with van der Waals surface area (Å²) in [6.07, 6.45) is 5.51. The maximum Gasteiger partial charge on any atom is 0.226 e. The highest BCUT2D eigenvalue weighted by atomic mass is 16.2. The zero-order valence-corrected chi connectivity index (χ0v) is 19.3. The van der Waals surface area contributed by atoms with Crippen molar-refractivity contribution in [1.29, 1.82) is 0 Å². The molecule has 2 aliphatic heterocycles. The van der Waals surface area contributed by atoms with Crippen LogP contribution in [0.25, 0.3) is 0 Å². The summed E-state index contributed by atoms with van der Waals surface area (Å²) in [7, 11) is 1.90. The Kier molecular flexibility index (Phi) is 6.30. The molecule has 0 spiro atoms. The number of amides is 2. The number of anilines is 1. The van der Waals surface area contributed by atoms with Crippen molar-refractivity contribution in [3.8, 4) is 0 Å². The number of allylic oxidation sites excluding steroid dienone is 2. The monoisotopic (exact) mass is 425 g/mol. The Morgan fingerprint density at radius 2 is 1.71 bits per heavy atom. The molecule has 0 aromatic carbocycles. The standard InChI is InChI=1S/C24H35N5O2/c1-15-5-6-19(13-16(15)2)24(31)28-10-7-18(8-11-28)22-26-21-14-29(17(3)30)12-9-20(21)23(25-4)27-22/h18-19H,5-14H2,1-4H3,(H,25,26,27)/t19-/m0/s1. The van der Waals surface area contributed by atoms with Crippen LogP contribution in [0.2, 0.25) is 0 Å². The lowest BCUT2D eigenvalue weighted by Gasteiger charge is -2.35. The largest absolute Gasteiger partial charge is 0.373 e. The maximum atomic E-state index is 13.1. The molecule has 1 aliphatic carbocycles. The zero-order chi connectivity index (χ0) is 22.1. The van der Waals surface area contributed by atoms with E-state index in [9.17, 15) is 9.59 Å². The molecule has 0 radical (unpaired) electrons. The molecule has 1 atom stereocenters. The van der Waals surface area contributed by atoms with Crippen LogP contribution in [0.3, 0.4) is 0 Å². The van der Waals surface area contributed by atoms with Crippen molar-refractivity contribution in [2.24, 2.45) is 5.92 Å². The fourth-order valence-corrected chi connectivity index (χ4v) is 5.18. The summed E-state index contributed by atoms with van der Waals surface area (Å²) in [5.74, 6) is 2.56. The van der Waals surface area contributed by atoms with Gasteiger partial charge in [-0.2, -0.15) is 0 Å². The first-order chi connectivity index (χ1) is 14.9. The van der Waals surface area contributed by atoms with Gasteiger partial charge < -0.3 is 15.1 Å². The fourth-order valence-electron chi connectivity index (χ4n) is 5.18. The second-order valence-corrected chi connectivity index (χ2v) is 9.40. The van der Waals surface area contributed by atoms with Gasteiger partial charge in [0.25, 0.3) is 0 Å². The Hall–Kier alpha value is -2.44. The predicted octanol–water partition coefficient (Wildman–Crippen LogP) is 3.27. The highest BCUT2D eigenvalue weighted by molar-refractivity contribution is 5.79. The Morgan fingerprint density at radius 1 is 0.968 bits per heavy atom. The van der Waals surface area contributed by atoms with Crippen LogP contribution in [-0.2, 0) is 22.6 Å². The Labute approximate surface area is 185 Å². The highest BCUT2D eigenvalue weighted by Gasteiger charge is 2.32. The molecule has 1 aromatic rings. The highest BCUT2D eigenvalue weighted by Crippen LogP contribution is 2.34. The van der Waals surface area contributed by atoms with Gasteiger partial charge in [0.05, 0.1) is 12.2 Å². The molecule has 1 N–H and O–H groups in total. The lowest BCUT2D eigenvalue weighted by molar-refractivity contribution is -0.137. The number of aromatic nitrogens is 2. The molecule has 2 amide bonds. The fraction of sp³-hybridized carbons (Fsp3) is 0.667. The third kappa shape index (κ3) is 4.46. The van der Waals surface area contributed by atoms with Crippen LogP contribution in [0.4, 0.5) is 5.82 Å². The number of carbonyl (C=O) groups is 2. The molecular formula is C24H35N5O2. The molecule has 3 aliphatic rings. The van der Waals surface area contributed by atoms with Gasteiger partial charge in [-0.1, -0.05) is 11.1 Å². The van der Waals surface area contributed by atoms with E-state index in [0.717, 1.165) is 81.1 Å². The minimum atomic E-state index is 0.0895. The van der Waals surface area contributed by atoms with Crippen LogP contribution in [0, 0.1) is 5.92 Å². The van der Waals surface area contributed by atoms with Crippen molar-refractivity contribution in [2.45, 2.75) is 71.8 Å². The van der Waals surface area contributed by atoms with Gasteiger partial charge >= 0.3 is 0 Å². The number of hydrogen-bond donors (Lipinski definition) is 1. The first-order valence-corrected chi connectivity index (χ1v) is 11.6. The first kappa shape index (κ1) is 21.8. The van der Waals surface area contributed by atoms with Gasteiger partial charge in [0.2, 0.25) is 11.8 Å². The summed E-state index contributed by atoms with van der Waals surface area (Å²) >= 11 is 0. The minimum Gasteiger partial charge on any atom is -0.373 e. The second kappa shape index (κ2) is 8.97. The van der Waals surface area contributed by atoms with Crippen LogP contribution >= 0.6 is 0 Å². The van der Waals surface area contributed by atoms with E-state index in [2.05, 4.69) is 24.1 Å². The van der Waals surface area contributed by atoms with Gasteiger partial charge in [0.15, 0.2) is 0 Å². The van der Waals surface area contributed by atoms with E-state index >= 15 is 0 Å². The lowest BCUT2D eigenvalue weighted by atomic mass is 9.83. The molecule has 7 heteroatoms. The number of nitrogens with zero attached hydrogens (tertiary/aromatic N) is 4. The summed E-state index contributed by atoms with van der Waals surface area (Å²) in [5, 5.41) is 3.23. The van der Waals surface area contributed by atoms with E-state index in [4.69, 9.17) is 9.97 Å². The number of hydrogen-bond acceptors (Lipinski definition) is 5. The lowest BCUT2D eigenvalue weighted by Crippen LogP contribution is -2.42. The molecule has 3 heterocycles. The quantitative estimate of drug-likeness (QED) is 0.752. The molecule has 31 heavy (non-hydrogen) atoms. The minimum absolute atomic E-state index is 0.0895. The van der Waals surface area contributed by atoms with Crippen LogP contribution in [0.1, 0.15) is 75.9 Å². The van der Waals surface area contributed by atoms with E-state index in [-0.39, 0.29) is 17.7 Å². The van der Waals surface area contributed by atoms with Crippen molar-refractivity contribution in [3.63, 3.8) is 0 Å². The number of likely N-dealkylation sites (tertiary alicyclic amines) is 1. The molecule has 1 aromatic heterocycles. The summed E-state index contributed by atoms with van der Waals surface area (Å²) < 4.78 is 0. The topological polar surface area (TPSA) is 78.4 Å². The Bertz CT molecular complexity index is 901. The van der Waals surface area contributed by atoms with Gasteiger partial charge in [0, 0.05) is 51.0 Å². The molecule has 7 nitrogen and oxygen atoms in total. The van der Waals surface area contributed by atoms with E-state index in [1.165, 1.54) is 11.1 Å². The predicted molar refractivity (Wildman–Crippen MR) is 121 cm³/mol. The third-order valence-electron chi connectivity index (χ3n) is 7.43. The summed E-state index contributed by atoms with van der Waals surface area (Å²) in [6.45, 7) is 8.79. The number of rotatable bonds is 3. The van der Waals surface area contributed by atoms with Crippen molar-refractivity contribution in [3.05, 3.63) is 28.2 Å². The van der Waals surface area contributed by atoms with Gasteiger partial charge in [-0.05, 0) is 52.4 Å². The maximum absolute atomic E-state index is 13.1. The van der Waals surface area contributed by atoms with E-state index in [1.807, 2.05) is 11.9 Å². The number of nitrogens with one attached hydrogen (secondary N) is 1. The van der Waals surface area contributed by atoms with Gasteiger partial charge in [-0.3, -0.25) is 9.59 Å². The summed E-state index contributed by atoms with van der Waals surface area (Å²) in [4.78, 5) is 38.6. The summed E-state index contributed by atoms with van der Waals surface area (Å²) in [6, 6.07) is 0. The van der Waals surface area contributed by atoms with Crippen LogP contribution < -0.4 is 5.32 Å². The first-order valence-electron chi connectivity index (χ1n) is 11.6. The molecule has 1 saturated heterocycles. The van der Waals surface area contributed by atoms with Gasteiger partial charge in [-0.15, -0.1) is 0 Å². The SMILES string of the molecule is CNc1nc(C2CCN(C(=O)[C@H]3CCC(C)=C(C)C3)CC2)nc2c1CCN(C(C)=O)C2. The summed E-state index contributed by atoms with van der Waals surface area (Å²) in [5.41, 5.74) is 4.94. The number of piperidine rings is 1. The molecule has 4 rings (SSSR count). The van der Waals surface area contributed by atoms with E-state index in [0.29, 0.717) is 12.5 Å². The smallest absolute Gasteiger partial charge is 0.226 e. The Balaban J connectivity index is 1.44. The van der Waals surface area contributed by atoms with Crippen LogP contribution in [-0.4, -0.2) is 58.3 Å². The van der Waals surface area contributed by atoms with Gasteiger partial charge in [-0.25, -0.2) is 9.97 Å². The van der Waals surface area contributed by atoms with Crippen molar-refractivity contribution < 1.29 is 9.59 Å². The average molecular weight is 426 g/mol. The molecule has 0 bridgehead atoms. The van der Waals surface area contributed by atoms with Crippen LogP contribution in [0.15, 0.2) is 11.1 Å². The van der Waals surface area contributed by atoms with Crippen molar-refractivity contribution in [1.82, 2.24) is 19.8 Å². The molecule has 0 saturated carbocycles. The zero-order valence-electron chi connectivity index (χ0n) is 19.3. The molecule has 0 unspecified atom stereocenters. The van der Waals surface area contributed by atoms with E-state index in [1.54, 1.807) is 6.92 Å². The third-order valence-corrected chi connectivity index (χ3v) is 7.43.